The summed E-state index contributed by atoms with van der Waals surface area (Å²) in [5.74, 6) is 2.00. The molecule has 2 saturated carbocycles. The predicted octanol–water partition coefficient (Wildman–Crippen LogP) is 5.38. The lowest BCUT2D eigenvalue weighted by Gasteiger charge is -2.30. The van der Waals surface area contributed by atoms with E-state index in [1.807, 2.05) is 6.20 Å². The van der Waals surface area contributed by atoms with E-state index in [4.69, 9.17) is 0 Å². The number of rotatable bonds is 3. The van der Waals surface area contributed by atoms with Crippen LogP contribution in [0.5, 0.6) is 0 Å². The second kappa shape index (κ2) is 5.60. The van der Waals surface area contributed by atoms with Gasteiger partial charge in [-0.25, -0.2) is 0 Å². The van der Waals surface area contributed by atoms with E-state index in [2.05, 4.69) is 50.5 Å². The Morgan fingerprint density at radius 2 is 2.00 bits per heavy atom. The molecule has 2 atom stereocenters. The zero-order valence-corrected chi connectivity index (χ0v) is 13.8. The van der Waals surface area contributed by atoms with Crippen LogP contribution in [-0.4, -0.2) is 11.0 Å². The lowest BCUT2D eigenvalue weighted by Crippen LogP contribution is -2.28. The fourth-order valence-electron chi connectivity index (χ4n) is 3.82. The maximum atomic E-state index is 4.60. The minimum absolute atomic E-state index is 0.625. The fraction of sp³-hybridized carbons (Fsp3) is 0.500. The van der Waals surface area contributed by atoms with Crippen molar-refractivity contribution < 1.29 is 0 Å². The Morgan fingerprint density at radius 1 is 1.10 bits per heavy atom. The van der Waals surface area contributed by atoms with Gasteiger partial charge < -0.3 is 5.32 Å². The van der Waals surface area contributed by atoms with Gasteiger partial charge in [0.05, 0.1) is 11.2 Å². The molecule has 2 aliphatic carbocycles. The second-order valence-corrected chi connectivity index (χ2v) is 7.55. The third kappa shape index (κ3) is 2.94. The van der Waals surface area contributed by atoms with Crippen LogP contribution < -0.4 is 5.32 Å². The number of para-hydroxylation sites is 1. The van der Waals surface area contributed by atoms with Gasteiger partial charge in [0, 0.05) is 22.1 Å². The second-order valence-electron chi connectivity index (χ2n) is 6.64. The lowest BCUT2D eigenvalue weighted by molar-refractivity contribution is 0.303. The maximum Gasteiger partial charge on any atom is 0.0934 e. The van der Waals surface area contributed by atoms with Gasteiger partial charge in [0.1, 0.15) is 0 Å². The molecule has 1 N–H and O–H groups in total. The molecule has 0 radical (unpaired) electrons. The SMILES string of the molecule is Brc1cnc2c(NC3CCCC(C4CC4)C3)cccc2c1. The first-order chi connectivity index (χ1) is 10.3. The Balaban J connectivity index is 1.56. The lowest BCUT2D eigenvalue weighted by atomic mass is 9.82. The quantitative estimate of drug-likeness (QED) is 0.808. The molecule has 21 heavy (non-hydrogen) atoms. The monoisotopic (exact) mass is 344 g/mol. The van der Waals surface area contributed by atoms with Gasteiger partial charge in [-0.05, 0) is 65.6 Å². The van der Waals surface area contributed by atoms with Crippen LogP contribution in [0.15, 0.2) is 34.9 Å². The van der Waals surface area contributed by atoms with Gasteiger partial charge in [-0.15, -0.1) is 0 Å². The summed E-state index contributed by atoms with van der Waals surface area (Å²) in [5.41, 5.74) is 2.29. The van der Waals surface area contributed by atoms with E-state index in [9.17, 15) is 0 Å². The molecule has 1 aromatic heterocycles. The molecule has 2 aliphatic rings. The highest BCUT2D eigenvalue weighted by Crippen LogP contribution is 2.44. The Hall–Kier alpha value is -1.09. The maximum absolute atomic E-state index is 4.60. The van der Waals surface area contributed by atoms with E-state index < -0.39 is 0 Å². The molecule has 0 amide bonds. The summed E-state index contributed by atoms with van der Waals surface area (Å²) < 4.78 is 1.04. The van der Waals surface area contributed by atoms with Crippen LogP contribution in [-0.2, 0) is 0 Å². The summed E-state index contributed by atoms with van der Waals surface area (Å²) in [4.78, 5) is 4.60. The zero-order chi connectivity index (χ0) is 14.2. The number of benzene rings is 1. The summed E-state index contributed by atoms with van der Waals surface area (Å²) in [7, 11) is 0. The van der Waals surface area contributed by atoms with Crippen LogP contribution in [0.2, 0.25) is 0 Å². The van der Waals surface area contributed by atoms with Gasteiger partial charge >= 0.3 is 0 Å². The average Bonchev–Trinajstić information content (AvgIpc) is 3.32. The molecule has 2 unspecified atom stereocenters. The van der Waals surface area contributed by atoms with Crippen molar-refractivity contribution in [1.82, 2.24) is 4.98 Å². The molecule has 2 aromatic rings. The number of anilines is 1. The van der Waals surface area contributed by atoms with Crippen molar-refractivity contribution in [2.75, 3.05) is 5.32 Å². The van der Waals surface area contributed by atoms with Crippen molar-refractivity contribution >= 4 is 32.5 Å². The van der Waals surface area contributed by atoms with Crippen LogP contribution in [0.4, 0.5) is 5.69 Å². The predicted molar refractivity (Wildman–Crippen MR) is 91.5 cm³/mol. The number of nitrogens with one attached hydrogen (secondary N) is 1. The number of fused-ring (bicyclic) bond motifs is 1. The first kappa shape index (κ1) is 13.6. The first-order valence-corrected chi connectivity index (χ1v) is 8.90. The zero-order valence-electron chi connectivity index (χ0n) is 12.2. The average molecular weight is 345 g/mol. The molecular formula is C18H21BrN2. The molecule has 0 bridgehead atoms. The molecule has 110 valence electrons. The summed E-state index contributed by atoms with van der Waals surface area (Å²) in [6.45, 7) is 0. The van der Waals surface area contributed by atoms with Gasteiger partial charge in [0.2, 0.25) is 0 Å². The van der Waals surface area contributed by atoms with Crippen molar-refractivity contribution in [3.8, 4) is 0 Å². The molecule has 0 spiro atoms. The molecule has 4 rings (SSSR count). The van der Waals surface area contributed by atoms with Gasteiger partial charge in [-0.3, -0.25) is 4.98 Å². The molecule has 0 aliphatic heterocycles. The van der Waals surface area contributed by atoms with E-state index in [0.717, 1.165) is 21.8 Å². The fourth-order valence-corrected chi connectivity index (χ4v) is 4.17. The number of halogens is 1. The van der Waals surface area contributed by atoms with E-state index in [-0.39, 0.29) is 0 Å². The first-order valence-electron chi connectivity index (χ1n) is 8.10. The van der Waals surface area contributed by atoms with Crippen LogP contribution in [0.25, 0.3) is 10.9 Å². The van der Waals surface area contributed by atoms with Crippen LogP contribution in [0, 0.1) is 11.8 Å². The Bertz CT molecular complexity index is 651. The summed E-state index contributed by atoms with van der Waals surface area (Å²) in [5, 5.41) is 4.98. The van der Waals surface area contributed by atoms with Crippen molar-refractivity contribution in [2.45, 2.75) is 44.6 Å². The van der Waals surface area contributed by atoms with E-state index in [1.165, 1.54) is 49.6 Å². The highest BCUT2D eigenvalue weighted by molar-refractivity contribution is 9.10. The van der Waals surface area contributed by atoms with E-state index in [0.29, 0.717) is 6.04 Å². The molecule has 0 saturated heterocycles. The van der Waals surface area contributed by atoms with Crippen LogP contribution >= 0.6 is 15.9 Å². The Labute approximate surface area is 134 Å². The van der Waals surface area contributed by atoms with Gasteiger partial charge in [0.25, 0.3) is 0 Å². The van der Waals surface area contributed by atoms with Crippen molar-refractivity contribution in [2.24, 2.45) is 11.8 Å². The molecule has 2 nitrogen and oxygen atoms in total. The van der Waals surface area contributed by atoms with Gasteiger partial charge in [-0.1, -0.05) is 25.0 Å². The number of pyridine rings is 1. The Morgan fingerprint density at radius 3 is 2.86 bits per heavy atom. The molecule has 1 heterocycles. The van der Waals surface area contributed by atoms with E-state index in [1.54, 1.807) is 0 Å². The highest BCUT2D eigenvalue weighted by Gasteiger charge is 2.34. The summed E-state index contributed by atoms with van der Waals surface area (Å²) >= 11 is 3.50. The highest BCUT2D eigenvalue weighted by atomic mass is 79.9. The molecular weight excluding hydrogens is 324 g/mol. The minimum Gasteiger partial charge on any atom is -0.381 e. The smallest absolute Gasteiger partial charge is 0.0934 e. The van der Waals surface area contributed by atoms with Crippen LogP contribution in [0.1, 0.15) is 38.5 Å². The van der Waals surface area contributed by atoms with Crippen molar-refractivity contribution in [1.29, 1.82) is 0 Å². The molecule has 1 aromatic carbocycles. The van der Waals surface area contributed by atoms with Crippen molar-refractivity contribution in [3.63, 3.8) is 0 Å². The summed E-state index contributed by atoms with van der Waals surface area (Å²) in [6, 6.07) is 9.19. The van der Waals surface area contributed by atoms with Gasteiger partial charge in [-0.2, -0.15) is 0 Å². The van der Waals surface area contributed by atoms with Crippen molar-refractivity contribution in [3.05, 3.63) is 34.9 Å². The van der Waals surface area contributed by atoms with Gasteiger partial charge in [0.15, 0.2) is 0 Å². The normalized spacial score (nSPS) is 26.0. The van der Waals surface area contributed by atoms with E-state index >= 15 is 0 Å². The third-order valence-corrected chi connectivity index (χ3v) is 5.47. The molecule has 3 heteroatoms. The minimum atomic E-state index is 0.625. The number of nitrogens with zero attached hydrogens (tertiary/aromatic N) is 1. The number of aromatic nitrogens is 1. The standard InChI is InChI=1S/C18H21BrN2/c19-15-9-14-4-2-6-17(18(14)20-11-15)21-16-5-1-3-13(10-16)12-7-8-12/h2,4,6,9,11-13,16,21H,1,3,5,7-8,10H2. The number of hydrogen-bond donors (Lipinski definition) is 1. The largest absolute Gasteiger partial charge is 0.381 e. The Kier molecular flexibility index (Phi) is 3.62. The summed E-state index contributed by atoms with van der Waals surface area (Å²) in [6.07, 6.45) is 10.3. The topological polar surface area (TPSA) is 24.9 Å². The molecule has 2 fully saturated rings. The third-order valence-electron chi connectivity index (χ3n) is 5.04. The van der Waals surface area contributed by atoms with Crippen LogP contribution in [0.3, 0.4) is 0 Å². The number of hydrogen-bond acceptors (Lipinski definition) is 2.